The monoisotopic (exact) mass is 315 g/mol. The van der Waals surface area contributed by atoms with E-state index in [1.54, 1.807) is 4.90 Å². The average Bonchev–Trinajstić information content (AvgIpc) is 3.14. The van der Waals surface area contributed by atoms with E-state index in [9.17, 15) is 15.2 Å². The second kappa shape index (κ2) is 4.29. The summed E-state index contributed by atoms with van der Waals surface area (Å²) in [7, 11) is 0. The topological polar surface area (TPSA) is 90.4 Å². The highest BCUT2D eigenvalue weighted by atomic mass is 16.3. The van der Waals surface area contributed by atoms with Crippen molar-refractivity contribution in [3.8, 4) is 6.07 Å². The maximum absolute atomic E-state index is 13.1. The Hall–Kier alpha value is -1.12. The Balaban J connectivity index is 1.43. The molecule has 6 aliphatic rings. The van der Waals surface area contributed by atoms with E-state index in [1.807, 2.05) is 0 Å². The summed E-state index contributed by atoms with van der Waals surface area (Å²) >= 11 is 0. The van der Waals surface area contributed by atoms with Crippen LogP contribution >= 0.6 is 0 Å². The molecular formula is C18H25N3O2. The SMILES string of the molecule is N#C[C@H]1C[C@H]2C[C@H]2N1C(=O)[C@H](N)C12CC3CC(CC(O)(C3)C1)C2. The van der Waals surface area contributed by atoms with Crippen molar-refractivity contribution in [3.63, 3.8) is 0 Å². The first-order valence-electron chi connectivity index (χ1n) is 9.13. The molecule has 23 heavy (non-hydrogen) atoms. The molecule has 5 nitrogen and oxygen atoms in total. The molecule has 124 valence electrons. The van der Waals surface area contributed by atoms with Crippen molar-refractivity contribution in [2.75, 3.05) is 0 Å². The van der Waals surface area contributed by atoms with E-state index in [1.165, 1.54) is 6.42 Å². The molecule has 0 aromatic heterocycles. The van der Waals surface area contributed by atoms with Crippen molar-refractivity contribution >= 4 is 5.91 Å². The van der Waals surface area contributed by atoms with Gasteiger partial charge in [-0.2, -0.15) is 5.26 Å². The molecule has 0 radical (unpaired) electrons. The van der Waals surface area contributed by atoms with Gasteiger partial charge in [-0.3, -0.25) is 4.79 Å². The first-order valence-corrected chi connectivity index (χ1v) is 9.13. The van der Waals surface area contributed by atoms with Gasteiger partial charge < -0.3 is 15.7 Å². The minimum Gasteiger partial charge on any atom is -0.390 e. The summed E-state index contributed by atoms with van der Waals surface area (Å²) in [6.07, 6.45) is 7.48. The lowest BCUT2D eigenvalue weighted by Gasteiger charge is -2.61. The molecular weight excluding hydrogens is 290 g/mol. The number of nitrogens with two attached hydrogens (primary N) is 1. The zero-order valence-corrected chi connectivity index (χ0v) is 13.4. The lowest BCUT2D eigenvalue weighted by atomic mass is 9.46. The number of likely N-dealkylation sites (tertiary alicyclic amines) is 1. The van der Waals surface area contributed by atoms with Crippen molar-refractivity contribution in [1.82, 2.24) is 4.90 Å². The van der Waals surface area contributed by atoms with Gasteiger partial charge in [0, 0.05) is 6.04 Å². The lowest BCUT2D eigenvalue weighted by Crippen LogP contribution is -2.64. The maximum Gasteiger partial charge on any atom is 0.241 e. The number of nitrogens with zero attached hydrogens (tertiary/aromatic N) is 2. The number of carbonyl (C=O) groups is 1. The maximum atomic E-state index is 13.1. The predicted molar refractivity (Wildman–Crippen MR) is 82.8 cm³/mol. The van der Waals surface area contributed by atoms with Gasteiger partial charge in [-0.15, -0.1) is 0 Å². The molecule has 1 saturated heterocycles. The van der Waals surface area contributed by atoms with Gasteiger partial charge in [0.25, 0.3) is 0 Å². The van der Waals surface area contributed by atoms with Gasteiger partial charge in [0.1, 0.15) is 6.04 Å². The fraction of sp³-hybridized carbons (Fsp3) is 0.889. The van der Waals surface area contributed by atoms with E-state index in [2.05, 4.69) is 6.07 Å². The number of carbonyl (C=O) groups excluding carboxylic acids is 1. The first-order chi connectivity index (χ1) is 10.9. The molecule has 6 atom stereocenters. The van der Waals surface area contributed by atoms with Crippen molar-refractivity contribution in [1.29, 1.82) is 5.26 Å². The zero-order chi connectivity index (χ0) is 16.0. The van der Waals surface area contributed by atoms with E-state index < -0.39 is 11.6 Å². The van der Waals surface area contributed by atoms with Crippen LogP contribution in [0.1, 0.15) is 51.4 Å². The largest absolute Gasteiger partial charge is 0.390 e. The summed E-state index contributed by atoms with van der Waals surface area (Å²) in [5.74, 6) is 1.56. The Morgan fingerprint density at radius 1 is 1.22 bits per heavy atom. The molecule has 6 rings (SSSR count). The molecule has 5 heteroatoms. The van der Waals surface area contributed by atoms with Crippen LogP contribution in [0.4, 0.5) is 0 Å². The molecule has 1 heterocycles. The quantitative estimate of drug-likeness (QED) is 0.800. The van der Waals surface area contributed by atoms with Crippen LogP contribution in [0, 0.1) is 34.5 Å². The third-order valence-corrected chi connectivity index (χ3v) is 7.51. The molecule has 0 aromatic carbocycles. The van der Waals surface area contributed by atoms with Crippen LogP contribution in [0.3, 0.4) is 0 Å². The molecule has 6 fully saturated rings. The number of nitriles is 1. The smallest absolute Gasteiger partial charge is 0.241 e. The van der Waals surface area contributed by atoms with Crippen LogP contribution in [0.15, 0.2) is 0 Å². The number of rotatable bonds is 2. The molecule has 0 spiro atoms. The highest BCUT2D eigenvalue weighted by Crippen LogP contribution is 2.63. The summed E-state index contributed by atoms with van der Waals surface area (Å²) in [4.78, 5) is 14.9. The Morgan fingerprint density at radius 2 is 1.91 bits per heavy atom. The van der Waals surface area contributed by atoms with E-state index in [-0.39, 0.29) is 23.4 Å². The van der Waals surface area contributed by atoms with E-state index in [0.29, 0.717) is 24.2 Å². The number of amides is 1. The molecule has 5 aliphatic carbocycles. The Labute approximate surface area is 136 Å². The standard InChI is InChI=1S/C18H25N3O2/c19-8-13-2-12-3-14(12)21(13)16(22)15(20)17-4-10-1-11(5-17)7-18(23,6-10)9-17/h10-15,23H,1-7,9,20H2/t10?,11?,12-,13+,14+,15-,17?,18?/m0/s1. The second-order valence-electron chi connectivity index (χ2n) is 9.21. The van der Waals surface area contributed by atoms with Crippen molar-refractivity contribution in [3.05, 3.63) is 0 Å². The summed E-state index contributed by atoms with van der Waals surface area (Å²) in [6.45, 7) is 0. The van der Waals surface area contributed by atoms with Gasteiger partial charge in [-0.25, -0.2) is 0 Å². The molecule has 1 amide bonds. The van der Waals surface area contributed by atoms with Crippen LogP contribution in [0.2, 0.25) is 0 Å². The first kappa shape index (κ1) is 14.2. The van der Waals surface area contributed by atoms with Gasteiger partial charge in [-0.05, 0) is 74.5 Å². The normalized spacial score (nSPS) is 53.8. The third kappa shape index (κ3) is 1.88. The Morgan fingerprint density at radius 3 is 2.52 bits per heavy atom. The number of hydrogen-bond donors (Lipinski definition) is 2. The van der Waals surface area contributed by atoms with E-state index >= 15 is 0 Å². The third-order valence-electron chi connectivity index (χ3n) is 7.51. The van der Waals surface area contributed by atoms with Gasteiger partial charge in [0.15, 0.2) is 0 Å². The predicted octanol–water partition coefficient (Wildman–Crippen LogP) is 1.16. The number of aliphatic hydroxyl groups is 1. The summed E-state index contributed by atoms with van der Waals surface area (Å²) in [5.41, 5.74) is 5.71. The second-order valence-corrected chi connectivity index (χ2v) is 9.21. The van der Waals surface area contributed by atoms with Crippen molar-refractivity contribution in [2.24, 2.45) is 28.9 Å². The van der Waals surface area contributed by atoms with Crippen LogP contribution in [-0.4, -0.2) is 39.6 Å². The van der Waals surface area contributed by atoms with Crippen molar-refractivity contribution < 1.29 is 9.90 Å². The fourth-order valence-electron chi connectivity index (χ4n) is 6.96. The average molecular weight is 315 g/mol. The van der Waals surface area contributed by atoms with Gasteiger partial charge in [0.2, 0.25) is 5.91 Å². The highest BCUT2D eigenvalue weighted by molar-refractivity contribution is 5.84. The van der Waals surface area contributed by atoms with Gasteiger partial charge in [0.05, 0.1) is 17.7 Å². The highest BCUT2D eigenvalue weighted by Gasteiger charge is 2.62. The number of hydrogen-bond acceptors (Lipinski definition) is 4. The minimum absolute atomic E-state index is 0.0212. The summed E-state index contributed by atoms with van der Waals surface area (Å²) in [6, 6.07) is 1.72. The molecule has 0 aromatic rings. The van der Waals surface area contributed by atoms with Crippen molar-refractivity contribution in [2.45, 2.75) is 75.1 Å². The fourth-order valence-corrected chi connectivity index (χ4v) is 6.96. The molecule has 4 bridgehead atoms. The zero-order valence-electron chi connectivity index (χ0n) is 13.4. The van der Waals surface area contributed by atoms with Gasteiger partial charge >= 0.3 is 0 Å². The van der Waals surface area contributed by atoms with Crippen LogP contribution in [0.25, 0.3) is 0 Å². The van der Waals surface area contributed by atoms with Gasteiger partial charge in [-0.1, -0.05) is 0 Å². The van der Waals surface area contributed by atoms with Crippen LogP contribution in [0.5, 0.6) is 0 Å². The van der Waals surface area contributed by atoms with E-state index in [0.717, 1.165) is 38.5 Å². The van der Waals surface area contributed by atoms with E-state index in [4.69, 9.17) is 5.73 Å². The molecule has 3 N–H and O–H groups in total. The minimum atomic E-state index is -0.594. The molecule has 1 aliphatic heterocycles. The molecule has 5 saturated carbocycles. The molecule has 2 unspecified atom stereocenters. The number of piperidine rings is 1. The number of fused-ring (bicyclic) bond motifs is 1. The lowest BCUT2D eigenvalue weighted by molar-refractivity contribution is -0.177. The Kier molecular flexibility index (Phi) is 2.65. The summed E-state index contributed by atoms with van der Waals surface area (Å²) in [5, 5.41) is 20.2. The Bertz CT molecular complexity index is 598. The summed E-state index contributed by atoms with van der Waals surface area (Å²) < 4.78 is 0. The van der Waals surface area contributed by atoms with Crippen LogP contribution in [-0.2, 0) is 4.79 Å². The van der Waals surface area contributed by atoms with Crippen LogP contribution < -0.4 is 5.73 Å².